The summed E-state index contributed by atoms with van der Waals surface area (Å²) >= 11 is 0. The number of furan rings is 1. The Balaban J connectivity index is 1.53. The minimum atomic E-state index is -0.0736. The molecular weight excluding hydrogens is 252 g/mol. The highest BCUT2D eigenvalue weighted by Crippen LogP contribution is 2.28. The summed E-state index contributed by atoms with van der Waals surface area (Å²) in [6.45, 7) is 2.76. The Bertz CT molecular complexity index is 383. The van der Waals surface area contributed by atoms with Crippen molar-refractivity contribution < 1.29 is 9.21 Å². The zero-order valence-corrected chi connectivity index (χ0v) is 12.4. The van der Waals surface area contributed by atoms with Crippen LogP contribution in [0.1, 0.15) is 51.2 Å². The van der Waals surface area contributed by atoms with E-state index < -0.39 is 0 Å². The molecule has 1 aliphatic carbocycles. The van der Waals surface area contributed by atoms with Crippen molar-refractivity contribution in [2.45, 2.75) is 57.9 Å². The molecule has 20 heavy (non-hydrogen) atoms. The number of amides is 2. The smallest absolute Gasteiger partial charge is 0.315 e. The first kappa shape index (κ1) is 14.9. The van der Waals surface area contributed by atoms with Crippen molar-refractivity contribution in [2.24, 2.45) is 5.92 Å². The number of carbonyl (C=O) groups excluding carboxylic acids is 1. The third kappa shape index (κ3) is 5.27. The molecule has 0 saturated heterocycles. The second-order valence-electron chi connectivity index (χ2n) is 5.88. The molecule has 0 bridgehead atoms. The topological polar surface area (TPSA) is 54.3 Å². The molecule has 1 atom stereocenters. The Kier molecular flexibility index (Phi) is 5.96. The predicted octanol–water partition coefficient (Wildman–Crippen LogP) is 3.48. The van der Waals surface area contributed by atoms with E-state index in [0.29, 0.717) is 0 Å². The molecule has 0 aliphatic heterocycles. The van der Waals surface area contributed by atoms with Crippen LogP contribution in [0.4, 0.5) is 4.79 Å². The maximum absolute atomic E-state index is 11.7. The number of urea groups is 1. The molecule has 1 saturated carbocycles. The highest BCUT2D eigenvalue weighted by Gasteiger charge is 2.14. The molecule has 1 unspecified atom stereocenters. The normalized spacial score (nSPS) is 17.1. The van der Waals surface area contributed by atoms with Gasteiger partial charge in [0.1, 0.15) is 5.76 Å². The second kappa shape index (κ2) is 7.98. The molecule has 2 rings (SSSR count). The fourth-order valence-corrected chi connectivity index (χ4v) is 2.95. The minimum absolute atomic E-state index is 0.0736. The summed E-state index contributed by atoms with van der Waals surface area (Å²) in [6.07, 6.45) is 10.3. The zero-order chi connectivity index (χ0) is 14.2. The fourth-order valence-electron chi connectivity index (χ4n) is 2.95. The zero-order valence-electron chi connectivity index (χ0n) is 12.4. The van der Waals surface area contributed by atoms with Crippen LogP contribution in [0.3, 0.4) is 0 Å². The number of hydrogen-bond acceptors (Lipinski definition) is 2. The van der Waals surface area contributed by atoms with Crippen LogP contribution < -0.4 is 10.6 Å². The molecule has 1 aromatic rings. The molecule has 112 valence electrons. The maximum atomic E-state index is 11.7. The van der Waals surface area contributed by atoms with Gasteiger partial charge < -0.3 is 15.1 Å². The van der Waals surface area contributed by atoms with Crippen LogP contribution in [0.25, 0.3) is 0 Å². The molecule has 0 spiro atoms. The van der Waals surface area contributed by atoms with Crippen LogP contribution in [0, 0.1) is 5.92 Å². The quantitative estimate of drug-likeness (QED) is 0.750. The Morgan fingerprint density at radius 3 is 2.95 bits per heavy atom. The lowest BCUT2D eigenvalue weighted by atomic mass is 10.0. The van der Waals surface area contributed by atoms with Crippen molar-refractivity contribution in [3.63, 3.8) is 0 Å². The lowest BCUT2D eigenvalue weighted by Gasteiger charge is -2.14. The monoisotopic (exact) mass is 278 g/mol. The van der Waals surface area contributed by atoms with Gasteiger partial charge in [-0.3, -0.25) is 0 Å². The van der Waals surface area contributed by atoms with Gasteiger partial charge in [-0.05, 0) is 37.8 Å². The summed E-state index contributed by atoms with van der Waals surface area (Å²) in [5.74, 6) is 1.80. The van der Waals surface area contributed by atoms with Gasteiger partial charge in [0.25, 0.3) is 0 Å². The fraction of sp³-hybridized carbons (Fsp3) is 0.688. The number of carbonyl (C=O) groups is 1. The number of rotatable bonds is 7. The van der Waals surface area contributed by atoms with Crippen LogP contribution >= 0.6 is 0 Å². The molecule has 4 heteroatoms. The lowest BCUT2D eigenvalue weighted by molar-refractivity contribution is 0.237. The molecule has 4 nitrogen and oxygen atoms in total. The molecule has 1 fully saturated rings. The summed E-state index contributed by atoms with van der Waals surface area (Å²) in [5, 5.41) is 5.87. The van der Waals surface area contributed by atoms with Gasteiger partial charge in [0, 0.05) is 19.0 Å². The summed E-state index contributed by atoms with van der Waals surface area (Å²) in [7, 11) is 0. The van der Waals surface area contributed by atoms with Gasteiger partial charge in [-0.15, -0.1) is 0 Å². The van der Waals surface area contributed by atoms with Crippen molar-refractivity contribution in [2.75, 3.05) is 6.54 Å². The Hall–Kier alpha value is -1.45. The van der Waals surface area contributed by atoms with Gasteiger partial charge in [-0.1, -0.05) is 25.7 Å². The third-order valence-corrected chi connectivity index (χ3v) is 4.01. The average Bonchev–Trinajstić information content (AvgIpc) is 3.07. The lowest BCUT2D eigenvalue weighted by Crippen LogP contribution is -2.42. The third-order valence-electron chi connectivity index (χ3n) is 4.01. The van der Waals surface area contributed by atoms with E-state index in [9.17, 15) is 4.79 Å². The van der Waals surface area contributed by atoms with Crippen molar-refractivity contribution in [1.29, 1.82) is 0 Å². The molecular formula is C16H26N2O2. The highest BCUT2D eigenvalue weighted by atomic mass is 16.3. The molecule has 0 radical (unpaired) electrons. The van der Waals surface area contributed by atoms with E-state index in [4.69, 9.17) is 4.42 Å². The van der Waals surface area contributed by atoms with Gasteiger partial charge in [0.05, 0.1) is 6.26 Å². The van der Waals surface area contributed by atoms with E-state index >= 15 is 0 Å². The van der Waals surface area contributed by atoms with E-state index in [2.05, 4.69) is 10.6 Å². The Labute approximate surface area is 121 Å². The summed E-state index contributed by atoms with van der Waals surface area (Å²) in [6, 6.07) is 3.80. The van der Waals surface area contributed by atoms with E-state index in [1.807, 2.05) is 19.1 Å². The first-order valence-corrected chi connectivity index (χ1v) is 7.81. The van der Waals surface area contributed by atoms with E-state index in [0.717, 1.165) is 31.1 Å². The second-order valence-corrected chi connectivity index (χ2v) is 5.88. The molecule has 1 heterocycles. The summed E-state index contributed by atoms with van der Waals surface area (Å²) < 4.78 is 5.27. The number of nitrogens with one attached hydrogen (secondary N) is 2. The first-order valence-electron chi connectivity index (χ1n) is 7.81. The van der Waals surface area contributed by atoms with E-state index in [1.54, 1.807) is 6.26 Å². The van der Waals surface area contributed by atoms with Gasteiger partial charge >= 0.3 is 6.03 Å². The molecule has 2 N–H and O–H groups in total. The van der Waals surface area contributed by atoms with Crippen LogP contribution in [-0.2, 0) is 6.42 Å². The predicted molar refractivity (Wildman–Crippen MR) is 79.6 cm³/mol. The van der Waals surface area contributed by atoms with Crippen molar-refractivity contribution >= 4 is 6.03 Å². The largest absolute Gasteiger partial charge is 0.469 e. The average molecular weight is 278 g/mol. The van der Waals surface area contributed by atoms with Crippen LogP contribution in [0.5, 0.6) is 0 Å². The molecule has 0 aromatic carbocycles. The van der Waals surface area contributed by atoms with Crippen molar-refractivity contribution in [1.82, 2.24) is 10.6 Å². The summed E-state index contributed by atoms with van der Waals surface area (Å²) in [4.78, 5) is 11.7. The van der Waals surface area contributed by atoms with E-state index in [-0.39, 0.29) is 12.1 Å². The van der Waals surface area contributed by atoms with Gasteiger partial charge in [-0.2, -0.15) is 0 Å². The van der Waals surface area contributed by atoms with Gasteiger partial charge in [0.2, 0.25) is 0 Å². The highest BCUT2D eigenvalue weighted by molar-refractivity contribution is 5.74. The Morgan fingerprint density at radius 1 is 1.45 bits per heavy atom. The SMILES string of the molecule is CC(Cc1ccco1)NC(=O)NCCCC1CCCC1. The van der Waals surface area contributed by atoms with Crippen LogP contribution in [0.15, 0.2) is 22.8 Å². The van der Waals surface area contributed by atoms with Crippen molar-refractivity contribution in [3.8, 4) is 0 Å². The Morgan fingerprint density at radius 2 is 2.25 bits per heavy atom. The number of hydrogen-bond donors (Lipinski definition) is 2. The molecule has 2 amide bonds. The van der Waals surface area contributed by atoms with Gasteiger partial charge in [0.15, 0.2) is 0 Å². The van der Waals surface area contributed by atoms with Crippen LogP contribution in [0.2, 0.25) is 0 Å². The van der Waals surface area contributed by atoms with Crippen LogP contribution in [-0.4, -0.2) is 18.6 Å². The van der Waals surface area contributed by atoms with E-state index in [1.165, 1.54) is 32.1 Å². The van der Waals surface area contributed by atoms with Gasteiger partial charge in [-0.25, -0.2) is 4.79 Å². The first-order chi connectivity index (χ1) is 9.74. The molecule has 1 aliphatic rings. The molecule has 1 aromatic heterocycles. The van der Waals surface area contributed by atoms with Crippen molar-refractivity contribution in [3.05, 3.63) is 24.2 Å². The maximum Gasteiger partial charge on any atom is 0.315 e. The standard InChI is InChI=1S/C16H26N2O2/c1-13(12-15-9-5-11-20-15)18-16(19)17-10-4-8-14-6-2-3-7-14/h5,9,11,13-14H,2-4,6-8,10,12H2,1H3,(H2,17,18,19). The summed E-state index contributed by atoms with van der Waals surface area (Å²) in [5.41, 5.74) is 0. The minimum Gasteiger partial charge on any atom is -0.469 e.